The Morgan fingerprint density at radius 1 is 1.17 bits per heavy atom. The summed E-state index contributed by atoms with van der Waals surface area (Å²) in [6.07, 6.45) is 4.50. The monoisotopic (exact) mass is 564 g/mol. The van der Waals surface area contributed by atoms with Crippen LogP contribution in [-0.4, -0.2) is 65.6 Å². The van der Waals surface area contributed by atoms with E-state index in [-0.39, 0.29) is 48.6 Å². The zero-order valence-electron chi connectivity index (χ0n) is 22.8. The third-order valence-corrected chi connectivity index (χ3v) is 7.45. The molecule has 41 heavy (non-hydrogen) atoms. The van der Waals surface area contributed by atoms with Crippen LogP contribution in [0.2, 0.25) is 0 Å². The topological polar surface area (TPSA) is 144 Å². The number of hydrogen-bond donors (Lipinski definition) is 2. The molecule has 3 amide bonds. The fourth-order valence-corrected chi connectivity index (χ4v) is 4.80. The van der Waals surface area contributed by atoms with Gasteiger partial charge in [0, 0.05) is 26.2 Å². The van der Waals surface area contributed by atoms with E-state index in [0.29, 0.717) is 36.3 Å². The molecule has 13 heteroatoms. The number of ether oxygens (including phenoxy) is 2. The predicted octanol–water partition coefficient (Wildman–Crippen LogP) is 2.17. The fourth-order valence-electron chi connectivity index (χ4n) is 4.80. The first-order valence-corrected chi connectivity index (χ1v) is 13.0. The highest BCUT2D eigenvalue weighted by atomic mass is 19.1. The van der Waals surface area contributed by atoms with Gasteiger partial charge in [0.15, 0.2) is 18.1 Å². The largest absolute Gasteiger partial charge is 0.482 e. The highest BCUT2D eigenvalue weighted by molar-refractivity contribution is 5.99. The first-order valence-electron chi connectivity index (χ1n) is 13.0. The summed E-state index contributed by atoms with van der Waals surface area (Å²) in [7, 11) is 3.00. The average Bonchev–Trinajstić information content (AvgIpc) is 3.36. The Hall–Kier alpha value is -4.81. The number of esters is 1. The molecule has 0 saturated heterocycles. The summed E-state index contributed by atoms with van der Waals surface area (Å²) in [5.74, 6) is -1.89. The number of fused-ring (bicyclic) bond motifs is 2. The van der Waals surface area contributed by atoms with Crippen molar-refractivity contribution in [2.24, 2.45) is 5.41 Å². The molecule has 0 bridgehead atoms. The van der Waals surface area contributed by atoms with Gasteiger partial charge in [0.1, 0.15) is 17.1 Å². The van der Waals surface area contributed by atoms with Crippen molar-refractivity contribution >= 4 is 35.0 Å². The molecule has 0 radical (unpaired) electrons. The summed E-state index contributed by atoms with van der Waals surface area (Å²) >= 11 is 0. The third-order valence-electron chi connectivity index (χ3n) is 7.45. The van der Waals surface area contributed by atoms with E-state index in [2.05, 4.69) is 20.7 Å². The number of allylic oxidation sites excluding steroid dienone is 1. The van der Waals surface area contributed by atoms with Crippen LogP contribution in [0.1, 0.15) is 52.7 Å². The third kappa shape index (κ3) is 5.47. The molecule has 2 N–H and O–H groups in total. The van der Waals surface area contributed by atoms with E-state index >= 15 is 0 Å². The standard InChI is InChI=1S/C28H29FN6O6/c1-28(27(39)40-3)8-6-16(7-9-28)12-31-26(38)21-11-19(33-24-18(29)14-32-35(21)24)25(37)30-13-17-4-5-22-20(10-17)34(2)23(36)15-41-22/h4-6,10-11,14H,7-9,12-13,15H2,1-3H3,(H,30,37)(H,31,38). The number of halogens is 1. The quantitative estimate of drug-likeness (QED) is 0.328. The molecule has 214 valence electrons. The lowest BCUT2D eigenvalue weighted by molar-refractivity contribution is -0.152. The predicted molar refractivity (Wildman–Crippen MR) is 144 cm³/mol. The molecule has 2 aliphatic rings. The van der Waals surface area contributed by atoms with Crippen molar-refractivity contribution in [2.45, 2.75) is 32.7 Å². The van der Waals surface area contributed by atoms with Gasteiger partial charge in [-0.1, -0.05) is 17.7 Å². The Labute approximate surface area is 234 Å². The zero-order chi connectivity index (χ0) is 29.3. The summed E-state index contributed by atoms with van der Waals surface area (Å²) in [6.45, 7) is 2.10. The summed E-state index contributed by atoms with van der Waals surface area (Å²) in [5.41, 5.74) is 1.12. The van der Waals surface area contributed by atoms with Gasteiger partial charge < -0.3 is 25.0 Å². The number of hydrogen-bond acceptors (Lipinski definition) is 8. The number of benzene rings is 1. The van der Waals surface area contributed by atoms with Crippen LogP contribution in [0.25, 0.3) is 5.65 Å². The molecule has 0 spiro atoms. The minimum absolute atomic E-state index is 0.0404. The van der Waals surface area contributed by atoms with E-state index in [1.165, 1.54) is 18.1 Å². The normalized spacial score (nSPS) is 18.3. The molecule has 12 nitrogen and oxygen atoms in total. The first-order chi connectivity index (χ1) is 19.6. The van der Waals surface area contributed by atoms with Crippen molar-refractivity contribution < 1.29 is 33.0 Å². The second kappa shape index (κ2) is 11.0. The second-order valence-electron chi connectivity index (χ2n) is 10.3. The van der Waals surface area contributed by atoms with E-state index in [1.807, 2.05) is 13.0 Å². The lowest BCUT2D eigenvalue weighted by Crippen LogP contribution is -2.35. The maximum atomic E-state index is 14.5. The molecular formula is C28H29FN6O6. The van der Waals surface area contributed by atoms with Gasteiger partial charge in [0.25, 0.3) is 17.7 Å². The highest BCUT2D eigenvalue weighted by Gasteiger charge is 2.35. The van der Waals surface area contributed by atoms with Crippen molar-refractivity contribution in [3.8, 4) is 5.75 Å². The van der Waals surface area contributed by atoms with E-state index in [1.54, 1.807) is 25.2 Å². The molecule has 3 heterocycles. The minimum Gasteiger partial charge on any atom is -0.482 e. The number of methoxy groups -OCH3 is 1. The SMILES string of the molecule is COC(=O)C1(C)CC=C(CNC(=O)c2cc(C(=O)NCc3ccc4c(c3)N(C)C(=O)CO4)nc3c(F)cnn23)CC1. The number of nitrogens with zero attached hydrogens (tertiary/aromatic N) is 4. The van der Waals surface area contributed by atoms with Gasteiger partial charge >= 0.3 is 5.97 Å². The van der Waals surface area contributed by atoms with Gasteiger partial charge in [-0.3, -0.25) is 19.2 Å². The summed E-state index contributed by atoms with van der Waals surface area (Å²) < 4.78 is 25.8. The molecule has 5 rings (SSSR count). The summed E-state index contributed by atoms with van der Waals surface area (Å²) in [4.78, 5) is 55.7. The van der Waals surface area contributed by atoms with Crippen molar-refractivity contribution in [2.75, 3.05) is 32.2 Å². The first kappa shape index (κ1) is 27.7. The number of carbonyl (C=O) groups is 4. The number of amides is 3. The number of aromatic nitrogens is 3. The van der Waals surface area contributed by atoms with Crippen LogP contribution < -0.4 is 20.3 Å². The average molecular weight is 565 g/mol. The van der Waals surface area contributed by atoms with E-state index in [9.17, 15) is 23.6 Å². The van der Waals surface area contributed by atoms with Gasteiger partial charge in [0.05, 0.1) is 24.4 Å². The van der Waals surface area contributed by atoms with Crippen molar-refractivity contribution in [3.63, 3.8) is 0 Å². The number of carbonyl (C=O) groups excluding carboxylic acids is 4. The number of rotatable bonds is 7. The fraction of sp³-hybridized carbons (Fsp3) is 0.357. The van der Waals surface area contributed by atoms with Crippen LogP contribution in [0.15, 0.2) is 42.1 Å². The molecule has 2 aromatic heterocycles. The van der Waals surface area contributed by atoms with Crippen LogP contribution in [0.3, 0.4) is 0 Å². The molecule has 0 saturated carbocycles. The van der Waals surface area contributed by atoms with Crippen molar-refractivity contribution in [1.29, 1.82) is 0 Å². The molecule has 1 unspecified atom stereocenters. The molecule has 1 aromatic carbocycles. The zero-order valence-corrected chi connectivity index (χ0v) is 22.8. The molecule has 1 aliphatic heterocycles. The lowest BCUT2D eigenvalue weighted by atomic mass is 9.76. The van der Waals surface area contributed by atoms with Crippen molar-refractivity contribution in [3.05, 3.63) is 64.9 Å². The van der Waals surface area contributed by atoms with Crippen LogP contribution in [-0.2, 0) is 20.9 Å². The Balaban J connectivity index is 1.29. The van der Waals surface area contributed by atoms with Crippen molar-refractivity contribution in [1.82, 2.24) is 25.2 Å². The Kier molecular flexibility index (Phi) is 7.43. The lowest BCUT2D eigenvalue weighted by Gasteiger charge is -2.30. The Bertz CT molecular complexity index is 1600. The van der Waals surface area contributed by atoms with Crippen LogP contribution >= 0.6 is 0 Å². The Morgan fingerprint density at radius 2 is 1.95 bits per heavy atom. The highest BCUT2D eigenvalue weighted by Crippen LogP contribution is 2.36. The molecular weight excluding hydrogens is 535 g/mol. The maximum Gasteiger partial charge on any atom is 0.311 e. The van der Waals surface area contributed by atoms with Gasteiger partial charge in [-0.05, 0) is 43.9 Å². The summed E-state index contributed by atoms with van der Waals surface area (Å²) in [6, 6.07) is 6.45. The number of likely N-dealkylation sites (N-methyl/N-ethyl adjacent to an activating group) is 1. The minimum atomic E-state index is -0.784. The van der Waals surface area contributed by atoms with Crippen LogP contribution in [0.4, 0.5) is 10.1 Å². The second-order valence-corrected chi connectivity index (χ2v) is 10.3. The van der Waals surface area contributed by atoms with E-state index in [4.69, 9.17) is 9.47 Å². The molecule has 3 aromatic rings. The molecule has 0 fully saturated rings. The maximum absolute atomic E-state index is 14.5. The Morgan fingerprint density at radius 3 is 2.68 bits per heavy atom. The molecule has 1 atom stereocenters. The van der Waals surface area contributed by atoms with Gasteiger partial charge in [-0.25, -0.2) is 13.9 Å². The van der Waals surface area contributed by atoms with Crippen LogP contribution in [0.5, 0.6) is 5.75 Å². The summed E-state index contributed by atoms with van der Waals surface area (Å²) in [5, 5.41) is 9.42. The number of anilines is 1. The van der Waals surface area contributed by atoms with Gasteiger partial charge in [-0.2, -0.15) is 5.10 Å². The van der Waals surface area contributed by atoms with E-state index < -0.39 is 23.0 Å². The number of nitrogens with one attached hydrogen (secondary N) is 2. The van der Waals surface area contributed by atoms with Gasteiger partial charge in [0.2, 0.25) is 0 Å². The van der Waals surface area contributed by atoms with Gasteiger partial charge in [-0.15, -0.1) is 0 Å². The smallest absolute Gasteiger partial charge is 0.311 e. The molecule has 1 aliphatic carbocycles. The van der Waals surface area contributed by atoms with E-state index in [0.717, 1.165) is 16.3 Å². The van der Waals surface area contributed by atoms with Crippen LogP contribution in [0, 0.1) is 11.2 Å².